The van der Waals surface area contributed by atoms with E-state index in [1.165, 1.54) is 29.2 Å². The first-order valence-corrected chi connectivity index (χ1v) is 7.72. The number of urea groups is 1. The van der Waals surface area contributed by atoms with Crippen molar-refractivity contribution in [2.45, 2.75) is 13.0 Å². The highest BCUT2D eigenvalue weighted by molar-refractivity contribution is 6.16. The highest BCUT2D eigenvalue weighted by Crippen LogP contribution is 2.25. The minimum Gasteiger partial charge on any atom is -0.325 e. The summed E-state index contributed by atoms with van der Waals surface area (Å²) in [5, 5.41) is 2.63. The molecule has 25 heavy (non-hydrogen) atoms. The smallest absolute Gasteiger partial charge is 0.325 e. The molecule has 1 fully saturated rings. The second-order valence-electron chi connectivity index (χ2n) is 5.64. The van der Waals surface area contributed by atoms with Gasteiger partial charge in [-0.15, -0.1) is 0 Å². The summed E-state index contributed by atoms with van der Waals surface area (Å²) >= 11 is 0. The Morgan fingerprint density at radius 3 is 2.36 bits per heavy atom. The molecule has 0 spiro atoms. The molecule has 0 aromatic heterocycles. The van der Waals surface area contributed by atoms with Crippen molar-refractivity contribution in [3.05, 3.63) is 60.4 Å². The van der Waals surface area contributed by atoms with Crippen molar-refractivity contribution in [3.8, 4) is 0 Å². The third-order valence-electron chi connectivity index (χ3n) is 3.91. The van der Waals surface area contributed by atoms with Gasteiger partial charge in [0.05, 0.1) is 0 Å². The Bertz CT molecular complexity index is 808. The average molecular weight is 341 g/mol. The van der Waals surface area contributed by atoms with Crippen LogP contribution < -0.4 is 10.2 Å². The van der Waals surface area contributed by atoms with E-state index < -0.39 is 29.7 Å². The third-order valence-corrected chi connectivity index (χ3v) is 3.91. The fourth-order valence-corrected chi connectivity index (χ4v) is 2.67. The van der Waals surface area contributed by atoms with Crippen LogP contribution in [0.1, 0.15) is 6.92 Å². The summed E-state index contributed by atoms with van der Waals surface area (Å²) in [6, 6.07) is 12.7. The van der Waals surface area contributed by atoms with Gasteiger partial charge in [0.2, 0.25) is 5.91 Å². The van der Waals surface area contributed by atoms with Gasteiger partial charge in [-0.3, -0.25) is 19.4 Å². The number of benzene rings is 2. The molecule has 0 saturated carbocycles. The second-order valence-corrected chi connectivity index (χ2v) is 5.64. The van der Waals surface area contributed by atoms with Gasteiger partial charge in [-0.2, -0.15) is 0 Å². The van der Waals surface area contributed by atoms with Crippen molar-refractivity contribution in [2.75, 3.05) is 16.8 Å². The molecule has 128 valence electrons. The van der Waals surface area contributed by atoms with Crippen LogP contribution in [0.25, 0.3) is 0 Å². The van der Waals surface area contributed by atoms with E-state index in [0.717, 1.165) is 4.90 Å². The Morgan fingerprint density at radius 2 is 1.72 bits per heavy atom. The largest absolute Gasteiger partial charge is 0.332 e. The maximum atomic E-state index is 13.1. The predicted octanol–water partition coefficient (Wildman–Crippen LogP) is 2.62. The number of hydrogen-bond acceptors (Lipinski definition) is 3. The number of imide groups is 1. The minimum absolute atomic E-state index is 0.380. The van der Waals surface area contributed by atoms with Crippen molar-refractivity contribution in [3.63, 3.8) is 0 Å². The number of nitrogens with one attached hydrogen (secondary N) is 1. The lowest BCUT2D eigenvalue weighted by Gasteiger charge is -2.19. The van der Waals surface area contributed by atoms with E-state index in [2.05, 4.69) is 5.32 Å². The van der Waals surface area contributed by atoms with Crippen LogP contribution in [0, 0.1) is 5.82 Å². The van der Waals surface area contributed by atoms with Gasteiger partial charge in [0, 0.05) is 11.4 Å². The van der Waals surface area contributed by atoms with Gasteiger partial charge in [-0.05, 0) is 43.3 Å². The van der Waals surface area contributed by atoms with E-state index in [1.54, 1.807) is 31.2 Å². The molecule has 0 radical (unpaired) electrons. The van der Waals surface area contributed by atoms with Gasteiger partial charge in [-0.25, -0.2) is 9.18 Å². The monoisotopic (exact) mass is 341 g/mol. The first-order valence-electron chi connectivity index (χ1n) is 7.72. The molecular formula is C18H16FN3O3. The molecule has 6 nitrogen and oxygen atoms in total. The Morgan fingerprint density at radius 1 is 1.08 bits per heavy atom. The number of para-hydroxylation sites is 1. The summed E-state index contributed by atoms with van der Waals surface area (Å²) in [4.78, 5) is 39.2. The maximum absolute atomic E-state index is 13.1. The maximum Gasteiger partial charge on any atom is 0.332 e. The van der Waals surface area contributed by atoms with Gasteiger partial charge < -0.3 is 5.32 Å². The molecule has 1 saturated heterocycles. The Kier molecular flexibility index (Phi) is 4.47. The van der Waals surface area contributed by atoms with Crippen molar-refractivity contribution >= 4 is 29.2 Å². The van der Waals surface area contributed by atoms with Crippen LogP contribution in [0.2, 0.25) is 0 Å². The number of nitrogens with zero attached hydrogens (tertiary/aromatic N) is 2. The molecule has 2 aromatic carbocycles. The van der Waals surface area contributed by atoms with Crippen LogP contribution in [0.4, 0.5) is 20.6 Å². The first kappa shape index (κ1) is 16.6. The summed E-state index contributed by atoms with van der Waals surface area (Å²) in [6.07, 6.45) is 0. The van der Waals surface area contributed by atoms with E-state index in [4.69, 9.17) is 0 Å². The molecule has 1 atom stereocenters. The fourth-order valence-electron chi connectivity index (χ4n) is 2.67. The molecule has 1 aliphatic rings. The van der Waals surface area contributed by atoms with Gasteiger partial charge >= 0.3 is 6.03 Å². The molecule has 1 N–H and O–H groups in total. The summed E-state index contributed by atoms with van der Waals surface area (Å²) < 4.78 is 13.1. The number of hydrogen-bond donors (Lipinski definition) is 1. The molecule has 1 heterocycles. The van der Waals surface area contributed by atoms with E-state index in [9.17, 15) is 18.8 Å². The van der Waals surface area contributed by atoms with Crippen LogP contribution in [-0.2, 0) is 9.59 Å². The van der Waals surface area contributed by atoms with E-state index in [0.29, 0.717) is 11.4 Å². The lowest BCUT2D eigenvalue weighted by atomic mass is 10.2. The lowest BCUT2D eigenvalue weighted by Crippen LogP contribution is -2.39. The molecule has 7 heteroatoms. The molecule has 0 aliphatic carbocycles. The quantitative estimate of drug-likeness (QED) is 0.869. The Labute approximate surface area is 143 Å². The van der Waals surface area contributed by atoms with Crippen LogP contribution >= 0.6 is 0 Å². The van der Waals surface area contributed by atoms with Gasteiger partial charge in [0.25, 0.3) is 5.91 Å². The third kappa shape index (κ3) is 3.35. The van der Waals surface area contributed by atoms with Crippen molar-refractivity contribution < 1.29 is 18.8 Å². The zero-order valence-electron chi connectivity index (χ0n) is 13.5. The van der Waals surface area contributed by atoms with Gasteiger partial charge in [0.15, 0.2) is 0 Å². The topological polar surface area (TPSA) is 69.7 Å². The van der Waals surface area contributed by atoms with Gasteiger partial charge in [0.1, 0.15) is 18.4 Å². The first-order chi connectivity index (χ1) is 12.0. The predicted molar refractivity (Wildman–Crippen MR) is 90.5 cm³/mol. The molecule has 1 aliphatic heterocycles. The molecule has 2 aromatic rings. The summed E-state index contributed by atoms with van der Waals surface area (Å²) in [5.41, 5.74) is 0.980. The summed E-state index contributed by atoms with van der Waals surface area (Å²) in [6.45, 7) is 1.19. The number of carbonyl (C=O) groups is 3. The normalized spacial score (nSPS) is 17.1. The van der Waals surface area contributed by atoms with Crippen LogP contribution in [-0.4, -0.2) is 35.3 Å². The summed E-state index contributed by atoms with van der Waals surface area (Å²) in [7, 11) is 0. The van der Waals surface area contributed by atoms with Gasteiger partial charge in [-0.1, -0.05) is 18.2 Å². The summed E-state index contributed by atoms with van der Waals surface area (Å²) in [5.74, 6) is -1.38. The number of carbonyl (C=O) groups excluding carboxylic acids is 3. The Balaban J connectivity index is 1.74. The Hall–Kier alpha value is -3.22. The zero-order valence-corrected chi connectivity index (χ0v) is 13.5. The average Bonchev–Trinajstić information content (AvgIpc) is 2.80. The number of halogens is 1. The highest BCUT2D eigenvalue weighted by atomic mass is 19.1. The SMILES string of the molecule is CC1C(=O)N(CC(=O)Nc2ccccc2)C(=O)N1c1ccc(F)cc1. The lowest BCUT2D eigenvalue weighted by molar-refractivity contribution is -0.130. The van der Waals surface area contributed by atoms with Crippen LogP contribution in [0.15, 0.2) is 54.6 Å². The molecular weight excluding hydrogens is 325 g/mol. The second kappa shape index (κ2) is 6.72. The van der Waals surface area contributed by atoms with Crippen LogP contribution in [0.5, 0.6) is 0 Å². The van der Waals surface area contributed by atoms with Crippen molar-refractivity contribution in [2.24, 2.45) is 0 Å². The zero-order chi connectivity index (χ0) is 18.0. The highest BCUT2D eigenvalue weighted by Gasteiger charge is 2.44. The standard InChI is InChI=1S/C18H16FN3O3/c1-12-17(24)21(11-16(23)20-14-5-3-2-4-6-14)18(25)22(12)15-9-7-13(19)8-10-15/h2-10,12H,11H2,1H3,(H,20,23). The van der Waals surface area contributed by atoms with E-state index in [1.807, 2.05) is 6.07 Å². The molecule has 1 unspecified atom stereocenters. The van der Waals surface area contributed by atoms with E-state index in [-0.39, 0.29) is 6.54 Å². The van der Waals surface area contributed by atoms with E-state index >= 15 is 0 Å². The molecule has 4 amide bonds. The molecule has 0 bridgehead atoms. The fraction of sp³-hybridized carbons (Fsp3) is 0.167. The minimum atomic E-state index is -0.762. The van der Waals surface area contributed by atoms with Crippen molar-refractivity contribution in [1.82, 2.24) is 4.90 Å². The van der Waals surface area contributed by atoms with Crippen LogP contribution in [0.3, 0.4) is 0 Å². The molecule has 3 rings (SSSR count). The number of anilines is 2. The van der Waals surface area contributed by atoms with Crippen molar-refractivity contribution in [1.29, 1.82) is 0 Å². The number of rotatable bonds is 4. The number of amides is 4.